The van der Waals surface area contributed by atoms with Gasteiger partial charge in [0.05, 0.1) is 29.6 Å². The van der Waals surface area contributed by atoms with Gasteiger partial charge in [0.25, 0.3) is 0 Å². The minimum Gasteiger partial charge on any atom is -0.468 e. The van der Waals surface area contributed by atoms with E-state index in [1.165, 1.54) is 31.4 Å². The number of carbonyl (C=O) groups is 1. The molecule has 4 aromatic rings. The summed E-state index contributed by atoms with van der Waals surface area (Å²) in [5.41, 5.74) is 2.25. The van der Waals surface area contributed by atoms with E-state index in [0.29, 0.717) is 45.0 Å². The summed E-state index contributed by atoms with van der Waals surface area (Å²) in [6.07, 6.45) is -8.90. The second-order valence-electron chi connectivity index (χ2n) is 8.85. The van der Waals surface area contributed by atoms with Gasteiger partial charge in [-0.2, -0.15) is 26.3 Å². The number of methoxy groups -OCH3 is 1. The summed E-state index contributed by atoms with van der Waals surface area (Å²) in [6, 6.07) is 15.8. The Hall–Kier alpha value is -4.21. The molecule has 0 saturated heterocycles. The number of hydrogen-bond acceptors (Lipinski definition) is 4. The van der Waals surface area contributed by atoms with Crippen LogP contribution in [0.3, 0.4) is 0 Å². The maximum Gasteiger partial charge on any atom is 0.416 e. The fourth-order valence-corrected chi connectivity index (χ4v) is 4.27. The standard InChI is InChI=1S/C29H22F6N2O2/c1-16-22(12-14-24(36-16)18-4-8-20(9-5-18)28(30,31)32)26(27(38)39-3)23-13-15-25(37-17(23)2)19-6-10-21(11-7-19)29(33,34)35/h4-15,26H,1-3H3. The zero-order valence-electron chi connectivity index (χ0n) is 21.0. The van der Waals surface area contributed by atoms with Gasteiger partial charge in [0.2, 0.25) is 0 Å². The van der Waals surface area contributed by atoms with Crippen LogP contribution >= 0.6 is 0 Å². The number of ether oxygens (including phenoxy) is 1. The van der Waals surface area contributed by atoms with Crippen molar-refractivity contribution >= 4 is 5.97 Å². The molecule has 0 saturated carbocycles. The lowest BCUT2D eigenvalue weighted by Gasteiger charge is -2.20. The van der Waals surface area contributed by atoms with Crippen LogP contribution in [0.25, 0.3) is 22.5 Å². The fourth-order valence-electron chi connectivity index (χ4n) is 4.27. The first-order valence-electron chi connectivity index (χ1n) is 11.7. The van der Waals surface area contributed by atoms with Crippen molar-refractivity contribution in [3.63, 3.8) is 0 Å². The highest BCUT2D eigenvalue weighted by molar-refractivity contribution is 5.83. The summed E-state index contributed by atoms with van der Waals surface area (Å²) in [7, 11) is 1.24. The molecule has 202 valence electrons. The van der Waals surface area contributed by atoms with Crippen molar-refractivity contribution in [1.29, 1.82) is 0 Å². The Labute approximate surface area is 220 Å². The lowest BCUT2D eigenvalue weighted by atomic mass is 9.88. The summed E-state index contributed by atoms with van der Waals surface area (Å²) >= 11 is 0. The molecule has 2 heterocycles. The van der Waals surface area contributed by atoms with Crippen molar-refractivity contribution < 1.29 is 35.9 Å². The third-order valence-electron chi connectivity index (χ3n) is 6.33. The maximum absolute atomic E-state index is 12.9. The molecular weight excluding hydrogens is 522 g/mol. The van der Waals surface area contributed by atoms with Crippen LogP contribution in [0.4, 0.5) is 26.3 Å². The average Bonchev–Trinajstić information content (AvgIpc) is 2.89. The van der Waals surface area contributed by atoms with Gasteiger partial charge in [0.1, 0.15) is 5.92 Å². The molecule has 0 spiro atoms. The lowest BCUT2D eigenvalue weighted by Crippen LogP contribution is -2.19. The summed E-state index contributed by atoms with van der Waals surface area (Å²) in [5.74, 6) is -1.48. The predicted molar refractivity (Wildman–Crippen MR) is 133 cm³/mol. The Balaban J connectivity index is 1.68. The topological polar surface area (TPSA) is 52.1 Å². The van der Waals surface area contributed by atoms with E-state index in [4.69, 9.17) is 4.74 Å². The van der Waals surface area contributed by atoms with Crippen molar-refractivity contribution in [3.8, 4) is 22.5 Å². The SMILES string of the molecule is COC(=O)C(c1ccc(-c2ccc(C(F)(F)F)cc2)nc1C)c1ccc(-c2ccc(C(F)(F)F)cc2)nc1C. The van der Waals surface area contributed by atoms with Gasteiger partial charge in [0.15, 0.2) is 0 Å². The largest absolute Gasteiger partial charge is 0.468 e. The third kappa shape index (κ3) is 5.94. The van der Waals surface area contributed by atoms with Crippen molar-refractivity contribution in [2.45, 2.75) is 32.1 Å². The number of halogens is 6. The van der Waals surface area contributed by atoms with E-state index in [1.807, 2.05) is 0 Å². The molecule has 0 fully saturated rings. The molecule has 0 aliphatic rings. The zero-order chi connectivity index (χ0) is 28.5. The molecule has 0 N–H and O–H groups in total. The molecule has 2 aromatic carbocycles. The molecule has 0 unspecified atom stereocenters. The van der Waals surface area contributed by atoms with Gasteiger partial charge in [-0.25, -0.2) is 0 Å². The van der Waals surface area contributed by atoms with Crippen molar-refractivity contribution in [2.24, 2.45) is 0 Å². The zero-order valence-corrected chi connectivity index (χ0v) is 21.0. The number of nitrogens with zero attached hydrogens (tertiary/aromatic N) is 2. The van der Waals surface area contributed by atoms with Crippen LogP contribution in [0.15, 0.2) is 72.8 Å². The average molecular weight is 544 g/mol. The van der Waals surface area contributed by atoms with Gasteiger partial charge in [-0.1, -0.05) is 36.4 Å². The molecular formula is C29H22F6N2O2. The molecule has 0 amide bonds. The first-order valence-corrected chi connectivity index (χ1v) is 11.7. The van der Waals surface area contributed by atoms with Gasteiger partial charge in [-0.05, 0) is 61.4 Å². The minimum atomic E-state index is -4.45. The second-order valence-corrected chi connectivity index (χ2v) is 8.85. The quantitative estimate of drug-likeness (QED) is 0.190. The van der Waals surface area contributed by atoms with Crippen molar-refractivity contribution in [1.82, 2.24) is 9.97 Å². The Morgan fingerprint density at radius 1 is 0.641 bits per heavy atom. The van der Waals surface area contributed by atoms with Gasteiger partial charge >= 0.3 is 18.3 Å². The molecule has 0 atom stereocenters. The Bertz CT molecular complexity index is 1390. The first kappa shape index (κ1) is 27.8. The highest BCUT2D eigenvalue weighted by Crippen LogP contribution is 2.35. The van der Waals surface area contributed by atoms with Gasteiger partial charge in [-0.3, -0.25) is 14.8 Å². The molecule has 0 aliphatic carbocycles. The number of esters is 1. The third-order valence-corrected chi connectivity index (χ3v) is 6.33. The fraction of sp³-hybridized carbons (Fsp3) is 0.207. The highest BCUT2D eigenvalue weighted by atomic mass is 19.4. The van der Waals surface area contributed by atoms with E-state index < -0.39 is 35.4 Å². The number of carbonyl (C=O) groups excluding carboxylic acids is 1. The van der Waals surface area contributed by atoms with Crippen LogP contribution in [0, 0.1) is 13.8 Å². The number of hydrogen-bond donors (Lipinski definition) is 0. The van der Waals surface area contributed by atoms with E-state index in [0.717, 1.165) is 24.3 Å². The summed E-state index contributed by atoms with van der Waals surface area (Å²) < 4.78 is 82.5. The number of rotatable bonds is 5. The van der Waals surface area contributed by atoms with Crippen LogP contribution in [0.2, 0.25) is 0 Å². The first-order chi connectivity index (χ1) is 18.3. The molecule has 0 radical (unpaired) electrons. The Kier molecular flexibility index (Phi) is 7.50. The molecule has 0 bridgehead atoms. The van der Waals surface area contributed by atoms with Crippen LogP contribution in [-0.2, 0) is 21.9 Å². The van der Waals surface area contributed by atoms with Gasteiger partial charge in [-0.15, -0.1) is 0 Å². The molecule has 0 aliphatic heterocycles. The molecule has 2 aromatic heterocycles. The van der Waals surface area contributed by atoms with E-state index in [2.05, 4.69) is 9.97 Å². The molecule has 4 rings (SSSR count). The smallest absolute Gasteiger partial charge is 0.416 e. The molecule has 39 heavy (non-hydrogen) atoms. The van der Waals surface area contributed by atoms with Crippen molar-refractivity contribution in [2.75, 3.05) is 7.11 Å². The number of aryl methyl sites for hydroxylation is 2. The lowest BCUT2D eigenvalue weighted by molar-refractivity contribution is -0.141. The van der Waals surface area contributed by atoms with Crippen LogP contribution < -0.4 is 0 Å². The second kappa shape index (κ2) is 10.5. The normalized spacial score (nSPS) is 12.1. The van der Waals surface area contributed by atoms with E-state index in [-0.39, 0.29) is 0 Å². The number of aromatic nitrogens is 2. The van der Waals surface area contributed by atoms with Crippen LogP contribution in [0.5, 0.6) is 0 Å². The van der Waals surface area contributed by atoms with E-state index >= 15 is 0 Å². The van der Waals surface area contributed by atoms with Crippen LogP contribution in [0.1, 0.15) is 39.6 Å². The molecule has 10 heteroatoms. The number of benzene rings is 2. The van der Waals surface area contributed by atoms with Crippen LogP contribution in [-0.4, -0.2) is 23.0 Å². The minimum absolute atomic E-state index is 0.432. The maximum atomic E-state index is 12.9. The summed E-state index contributed by atoms with van der Waals surface area (Å²) in [5, 5.41) is 0. The monoisotopic (exact) mass is 544 g/mol. The Morgan fingerprint density at radius 2 is 1.00 bits per heavy atom. The summed E-state index contributed by atoms with van der Waals surface area (Å²) in [4.78, 5) is 21.9. The van der Waals surface area contributed by atoms with E-state index in [1.54, 1.807) is 38.1 Å². The predicted octanol–water partition coefficient (Wildman–Crippen LogP) is 7.77. The molecule has 4 nitrogen and oxygen atoms in total. The highest BCUT2D eigenvalue weighted by Gasteiger charge is 2.32. The number of alkyl halides is 6. The van der Waals surface area contributed by atoms with Gasteiger partial charge in [0, 0.05) is 22.5 Å². The summed E-state index contributed by atoms with van der Waals surface area (Å²) in [6.45, 7) is 3.36. The Morgan fingerprint density at radius 3 is 1.28 bits per heavy atom. The van der Waals surface area contributed by atoms with E-state index in [9.17, 15) is 31.1 Å². The van der Waals surface area contributed by atoms with Gasteiger partial charge < -0.3 is 4.74 Å². The number of pyridine rings is 2. The van der Waals surface area contributed by atoms with Crippen molar-refractivity contribution in [3.05, 3.63) is 106 Å².